The summed E-state index contributed by atoms with van der Waals surface area (Å²) < 4.78 is 25.1. The second kappa shape index (κ2) is 6.35. The molecule has 2 aliphatic rings. The van der Waals surface area contributed by atoms with Gasteiger partial charge in [0.2, 0.25) is 5.91 Å². The number of carbonyl (C=O) groups excluding carboxylic acids is 1. The highest BCUT2D eigenvalue weighted by Crippen LogP contribution is 2.26. The van der Waals surface area contributed by atoms with E-state index >= 15 is 0 Å². The molecular formula is C18H20N4O3S. The molecular weight excluding hydrogens is 352 g/mol. The van der Waals surface area contributed by atoms with Crippen LogP contribution in [-0.4, -0.2) is 34.8 Å². The summed E-state index contributed by atoms with van der Waals surface area (Å²) in [5, 5.41) is 5.72. The van der Waals surface area contributed by atoms with E-state index in [2.05, 4.69) is 22.2 Å². The van der Waals surface area contributed by atoms with E-state index in [4.69, 9.17) is 5.73 Å². The molecule has 1 aromatic carbocycles. The van der Waals surface area contributed by atoms with Crippen molar-refractivity contribution in [3.63, 3.8) is 0 Å². The highest BCUT2D eigenvalue weighted by Gasteiger charge is 2.25. The smallest absolute Gasteiger partial charge is 0.225 e. The summed E-state index contributed by atoms with van der Waals surface area (Å²) in [4.78, 5) is 15.7. The van der Waals surface area contributed by atoms with E-state index in [0.717, 1.165) is 24.9 Å². The van der Waals surface area contributed by atoms with Gasteiger partial charge in [-0.15, -0.1) is 0 Å². The normalized spacial score (nSPS) is 20.4. The molecule has 0 unspecified atom stereocenters. The highest BCUT2D eigenvalue weighted by atomic mass is 32.2. The van der Waals surface area contributed by atoms with Crippen molar-refractivity contribution in [1.82, 2.24) is 14.8 Å². The van der Waals surface area contributed by atoms with Gasteiger partial charge in [0.05, 0.1) is 17.9 Å². The van der Waals surface area contributed by atoms with E-state index in [1.807, 2.05) is 6.07 Å². The molecule has 136 valence electrons. The summed E-state index contributed by atoms with van der Waals surface area (Å²) in [6, 6.07) is 6.21. The van der Waals surface area contributed by atoms with Gasteiger partial charge in [0, 0.05) is 11.8 Å². The minimum atomic E-state index is -3.13. The number of nitrogens with two attached hydrogens (primary N) is 1. The van der Waals surface area contributed by atoms with Crippen LogP contribution < -0.4 is 5.73 Å². The zero-order chi connectivity index (χ0) is 18.3. The fourth-order valence-corrected chi connectivity index (χ4v) is 5.05. The maximum absolute atomic E-state index is 11.7. The lowest BCUT2D eigenvalue weighted by molar-refractivity contribution is -0.117. The van der Waals surface area contributed by atoms with Gasteiger partial charge in [-0.05, 0) is 48.4 Å². The van der Waals surface area contributed by atoms with Gasteiger partial charge < -0.3 is 5.73 Å². The van der Waals surface area contributed by atoms with Gasteiger partial charge in [-0.2, -0.15) is 5.10 Å². The quantitative estimate of drug-likeness (QED) is 0.838. The average Bonchev–Trinajstić information content (AvgIpc) is 3.25. The van der Waals surface area contributed by atoms with Crippen molar-refractivity contribution >= 4 is 15.7 Å². The molecule has 2 aromatic rings. The van der Waals surface area contributed by atoms with E-state index in [-0.39, 0.29) is 18.1 Å². The number of carbonyl (C=O) groups is 1. The first-order chi connectivity index (χ1) is 12.4. The van der Waals surface area contributed by atoms with Crippen molar-refractivity contribution in [3.05, 3.63) is 52.5 Å². The van der Waals surface area contributed by atoms with Crippen LogP contribution in [0.25, 0.3) is 5.69 Å². The number of fused-ring (bicyclic) bond motifs is 1. The Morgan fingerprint density at radius 3 is 2.81 bits per heavy atom. The number of hydrogen-bond donors (Lipinski definition) is 1. The molecule has 0 saturated heterocycles. The van der Waals surface area contributed by atoms with Crippen molar-refractivity contribution in [2.75, 3.05) is 5.75 Å². The molecule has 2 N–H and O–H groups in total. The molecule has 1 aliphatic heterocycles. The maximum Gasteiger partial charge on any atom is 0.225 e. The van der Waals surface area contributed by atoms with Crippen molar-refractivity contribution in [2.24, 2.45) is 11.7 Å². The molecule has 0 spiro atoms. The largest absolute Gasteiger partial charge is 0.369 e. The van der Waals surface area contributed by atoms with E-state index in [0.29, 0.717) is 18.1 Å². The van der Waals surface area contributed by atoms with Gasteiger partial charge in [0.1, 0.15) is 5.82 Å². The maximum atomic E-state index is 11.7. The lowest BCUT2D eigenvalue weighted by Gasteiger charge is -2.10. The van der Waals surface area contributed by atoms with Crippen LogP contribution >= 0.6 is 0 Å². The third-order valence-corrected chi connectivity index (χ3v) is 6.29. The average molecular weight is 372 g/mol. The Bertz CT molecular complexity index is 1010. The lowest BCUT2D eigenvalue weighted by Crippen LogP contribution is -2.14. The molecule has 26 heavy (non-hydrogen) atoms. The van der Waals surface area contributed by atoms with E-state index in [9.17, 15) is 13.2 Å². The molecule has 0 saturated carbocycles. The molecule has 0 bridgehead atoms. The van der Waals surface area contributed by atoms with Crippen LogP contribution in [0.4, 0.5) is 0 Å². The Morgan fingerprint density at radius 1 is 1.27 bits per heavy atom. The minimum absolute atomic E-state index is 0.0380. The van der Waals surface area contributed by atoms with Gasteiger partial charge in [0.15, 0.2) is 15.7 Å². The number of amides is 1. The number of sulfone groups is 1. The fraction of sp³-hybridized carbons (Fsp3) is 0.389. The predicted molar refractivity (Wildman–Crippen MR) is 96.4 cm³/mol. The summed E-state index contributed by atoms with van der Waals surface area (Å²) in [7, 11) is -3.13. The SMILES string of the molecule is NC(=O)Cc1nc(C[C@H]2C=CS(=O)(=O)C2)n(-c2ccc3c(c2)CCC3)n1. The summed E-state index contributed by atoms with van der Waals surface area (Å²) >= 11 is 0. The van der Waals surface area contributed by atoms with Gasteiger partial charge in [-0.3, -0.25) is 4.79 Å². The van der Waals surface area contributed by atoms with Gasteiger partial charge in [-0.1, -0.05) is 12.1 Å². The minimum Gasteiger partial charge on any atom is -0.369 e. The molecule has 1 atom stereocenters. The molecule has 0 radical (unpaired) electrons. The Balaban J connectivity index is 1.69. The lowest BCUT2D eigenvalue weighted by atomic mass is 10.1. The first-order valence-electron chi connectivity index (χ1n) is 8.66. The topological polar surface area (TPSA) is 108 Å². The third kappa shape index (κ3) is 3.41. The monoisotopic (exact) mass is 372 g/mol. The molecule has 7 nitrogen and oxygen atoms in total. The second-order valence-corrected chi connectivity index (χ2v) is 8.86. The van der Waals surface area contributed by atoms with Crippen LogP contribution in [0.15, 0.2) is 29.7 Å². The summed E-state index contributed by atoms with van der Waals surface area (Å²) in [5.74, 6) is 0.448. The van der Waals surface area contributed by atoms with Crippen LogP contribution in [0.1, 0.15) is 29.2 Å². The van der Waals surface area contributed by atoms with Gasteiger partial charge in [0.25, 0.3) is 0 Å². The zero-order valence-electron chi connectivity index (χ0n) is 14.3. The zero-order valence-corrected chi connectivity index (χ0v) is 15.1. The number of rotatable bonds is 5. The first-order valence-corrected chi connectivity index (χ1v) is 10.4. The van der Waals surface area contributed by atoms with Crippen LogP contribution in [0.5, 0.6) is 0 Å². The molecule has 8 heteroatoms. The first kappa shape index (κ1) is 17.0. The van der Waals surface area contributed by atoms with Gasteiger partial charge in [-0.25, -0.2) is 18.1 Å². The Hall–Kier alpha value is -2.48. The molecule has 1 amide bonds. The Kier molecular flexibility index (Phi) is 4.14. The molecule has 1 aromatic heterocycles. The Morgan fingerprint density at radius 2 is 2.08 bits per heavy atom. The predicted octanol–water partition coefficient (Wildman–Crippen LogP) is 0.885. The summed E-state index contributed by atoms with van der Waals surface area (Å²) in [5.41, 5.74) is 8.83. The number of primary amides is 1. The van der Waals surface area contributed by atoms with E-state index < -0.39 is 15.7 Å². The number of aromatic nitrogens is 3. The van der Waals surface area contributed by atoms with Crippen molar-refractivity contribution in [1.29, 1.82) is 0 Å². The summed E-state index contributed by atoms with van der Waals surface area (Å²) in [6.45, 7) is 0. The van der Waals surface area contributed by atoms with E-state index in [1.165, 1.54) is 16.5 Å². The Labute approximate surface area is 151 Å². The van der Waals surface area contributed by atoms with E-state index in [1.54, 1.807) is 10.8 Å². The third-order valence-electron chi connectivity index (χ3n) is 4.83. The van der Waals surface area contributed by atoms with Crippen molar-refractivity contribution < 1.29 is 13.2 Å². The van der Waals surface area contributed by atoms with Crippen LogP contribution in [0.3, 0.4) is 0 Å². The number of nitrogens with zero attached hydrogens (tertiary/aromatic N) is 3. The van der Waals surface area contributed by atoms with Crippen LogP contribution in [-0.2, 0) is 40.3 Å². The number of hydrogen-bond acceptors (Lipinski definition) is 5. The number of allylic oxidation sites excluding steroid dienone is 1. The van der Waals surface area contributed by atoms with Gasteiger partial charge >= 0.3 is 0 Å². The molecule has 1 aliphatic carbocycles. The number of benzene rings is 1. The van der Waals surface area contributed by atoms with Crippen molar-refractivity contribution in [2.45, 2.75) is 32.1 Å². The molecule has 2 heterocycles. The molecule has 0 fully saturated rings. The second-order valence-electron chi connectivity index (χ2n) is 6.93. The standard InChI is InChI=1S/C18H20N4O3S/c19-16(23)10-17-20-18(8-12-6-7-26(24,25)11-12)22(21-17)15-5-4-13-2-1-3-14(13)9-15/h4-7,9,12H,1-3,8,10-11H2,(H2,19,23)/t12-/m1/s1. The van der Waals surface area contributed by atoms with Crippen LogP contribution in [0.2, 0.25) is 0 Å². The van der Waals surface area contributed by atoms with Crippen LogP contribution in [0, 0.1) is 5.92 Å². The number of aryl methyl sites for hydroxylation is 2. The highest BCUT2D eigenvalue weighted by molar-refractivity contribution is 7.94. The summed E-state index contributed by atoms with van der Waals surface area (Å²) in [6.07, 6.45) is 5.40. The molecule has 4 rings (SSSR count). The van der Waals surface area contributed by atoms with Crippen molar-refractivity contribution in [3.8, 4) is 5.69 Å². The fourth-order valence-electron chi connectivity index (χ4n) is 3.65.